The quantitative estimate of drug-likeness (QED) is 0.773. The molecule has 3 nitrogen and oxygen atoms in total. The maximum Gasteiger partial charge on any atom is 0.120 e. The van der Waals surface area contributed by atoms with Gasteiger partial charge < -0.3 is 15.5 Å². The second-order valence-corrected chi connectivity index (χ2v) is 4.29. The van der Waals surface area contributed by atoms with Crippen LogP contribution in [0.15, 0.2) is 48.5 Å². The summed E-state index contributed by atoms with van der Waals surface area (Å²) in [4.78, 5) is 0. The van der Waals surface area contributed by atoms with Crippen LogP contribution in [0.25, 0.3) is 0 Å². The first-order valence-corrected chi connectivity index (χ1v) is 5.96. The van der Waals surface area contributed by atoms with E-state index < -0.39 is 0 Å². The first kappa shape index (κ1) is 12.5. The van der Waals surface area contributed by atoms with Crippen molar-refractivity contribution < 1.29 is 10.2 Å². The Hall–Kier alpha value is -2.00. The van der Waals surface area contributed by atoms with E-state index in [1.165, 1.54) is 0 Å². The zero-order chi connectivity index (χ0) is 13.0. The van der Waals surface area contributed by atoms with Gasteiger partial charge in [0.2, 0.25) is 0 Å². The van der Waals surface area contributed by atoms with Crippen molar-refractivity contribution in [2.45, 2.75) is 19.5 Å². The van der Waals surface area contributed by atoms with Gasteiger partial charge >= 0.3 is 0 Å². The molecular formula is C15H17NO2. The molecule has 0 amide bonds. The first-order chi connectivity index (χ1) is 8.68. The Bertz CT molecular complexity index is 525. The van der Waals surface area contributed by atoms with E-state index in [-0.39, 0.29) is 17.5 Å². The fourth-order valence-electron chi connectivity index (χ4n) is 1.89. The zero-order valence-corrected chi connectivity index (χ0v) is 10.3. The molecule has 0 aliphatic carbocycles. The van der Waals surface area contributed by atoms with Gasteiger partial charge in [0.15, 0.2) is 0 Å². The minimum absolute atomic E-state index is 0.0193. The Morgan fingerprint density at radius 2 is 1.56 bits per heavy atom. The molecule has 0 aromatic heterocycles. The fraction of sp³-hybridized carbons (Fsp3) is 0.200. The van der Waals surface area contributed by atoms with Gasteiger partial charge in [-0.05, 0) is 19.1 Å². The average Bonchev–Trinajstić information content (AvgIpc) is 2.38. The molecule has 0 aliphatic heterocycles. The Balaban J connectivity index is 2.03. The van der Waals surface area contributed by atoms with Gasteiger partial charge in [0.25, 0.3) is 0 Å². The lowest BCUT2D eigenvalue weighted by Gasteiger charge is -2.16. The number of benzene rings is 2. The van der Waals surface area contributed by atoms with Crippen molar-refractivity contribution in [1.29, 1.82) is 0 Å². The second-order valence-electron chi connectivity index (χ2n) is 4.29. The van der Waals surface area contributed by atoms with Gasteiger partial charge in [-0.1, -0.05) is 36.4 Å². The molecule has 94 valence electrons. The molecule has 3 heteroatoms. The number of rotatable bonds is 4. The van der Waals surface area contributed by atoms with Crippen LogP contribution in [-0.4, -0.2) is 10.2 Å². The van der Waals surface area contributed by atoms with E-state index in [1.807, 2.05) is 31.2 Å². The maximum absolute atomic E-state index is 9.74. The number of aromatic hydroxyl groups is 2. The van der Waals surface area contributed by atoms with Crippen LogP contribution < -0.4 is 5.32 Å². The SMILES string of the molecule is CC(NCc1ccccc1O)c1ccccc1O. The number of phenols is 2. The molecule has 0 bridgehead atoms. The Kier molecular flexibility index (Phi) is 3.85. The normalized spacial score (nSPS) is 12.3. The van der Waals surface area contributed by atoms with Gasteiger partial charge in [-0.25, -0.2) is 0 Å². The lowest BCUT2D eigenvalue weighted by Crippen LogP contribution is -2.18. The van der Waals surface area contributed by atoms with Gasteiger partial charge in [0.05, 0.1) is 0 Å². The Morgan fingerprint density at radius 1 is 0.944 bits per heavy atom. The molecule has 0 spiro atoms. The van der Waals surface area contributed by atoms with E-state index >= 15 is 0 Å². The molecule has 3 N–H and O–H groups in total. The summed E-state index contributed by atoms with van der Waals surface area (Å²) in [7, 11) is 0. The van der Waals surface area contributed by atoms with E-state index in [0.29, 0.717) is 6.54 Å². The predicted molar refractivity (Wildman–Crippen MR) is 71.5 cm³/mol. The lowest BCUT2D eigenvalue weighted by molar-refractivity contribution is 0.445. The molecule has 0 saturated carbocycles. The van der Waals surface area contributed by atoms with Crippen molar-refractivity contribution >= 4 is 0 Å². The molecule has 18 heavy (non-hydrogen) atoms. The summed E-state index contributed by atoms with van der Waals surface area (Å²) in [6, 6.07) is 14.5. The first-order valence-electron chi connectivity index (χ1n) is 5.96. The molecule has 0 fully saturated rings. The van der Waals surface area contributed by atoms with Crippen molar-refractivity contribution in [1.82, 2.24) is 5.32 Å². The molecule has 0 heterocycles. The number of para-hydroxylation sites is 2. The standard InChI is InChI=1S/C15H17NO2/c1-11(13-7-3-5-9-15(13)18)16-10-12-6-2-4-8-14(12)17/h2-9,11,16-18H,10H2,1H3. The number of phenolic OH excluding ortho intramolecular Hbond substituents is 2. The molecule has 1 atom stereocenters. The smallest absolute Gasteiger partial charge is 0.120 e. The highest BCUT2D eigenvalue weighted by atomic mass is 16.3. The van der Waals surface area contributed by atoms with Gasteiger partial charge in [-0.15, -0.1) is 0 Å². The van der Waals surface area contributed by atoms with Crippen molar-refractivity contribution in [2.75, 3.05) is 0 Å². The second kappa shape index (κ2) is 5.56. The van der Waals surface area contributed by atoms with E-state index in [2.05, 4.69) is 5.32 Å². The molecule has 0 saturated heterocycles. The van der Waals surface area contributed by atoms with E-state index in [0.717, 1.165) is 11.1 Å². The summed E-state index contributed by atoms with van der Waals surface area (Å²) < 4.78 is 0. The lowest BCUT2D eigenvalue weighted by atomic mass is 10.1. The monoisotopic (exact) mass is 243 g/mol. The summed E-state index contributed by atoms with van der Waals surface area (Å²) in [6.07, 6.45) is 0. The molecule has 2 aromatic rings. The largest absolute Gasteiger partial charge is 0.508 e. The van der Waals surface area contributed by atoms with E-state index in [4.69, 9.17) is 0 Å². The van der Waals surface area contributed by atoms with Gasteiger partial charge in [0, 0.05) is 23.7 Å². The summed E-state index contributed by atoms with van der Waals surface area (Å²) in [6.45, 7) is 2.54. The van der Waals surface area contributed by atoms with Crippen molar-refractivity contribution in [3.05, 3.63) is 59.7 Å². The molecule has 2 aromatic carbocycles. The summed E-state index contributed by atoms with van der Waals surface area (Å²) in [5.41, 5.74) is 1.70. The zero-order valence-electron chi connectivity index (χ0n) is 10.3. The van der Waals surface area contributed by atoms with Crippen LogP contribution in [0.1, 0.15) is 24.1 Å². The highest BCUT2D eigenvalue weighted by Crippen LogP contribution is 2.24. The summed E-state index contributed by atoms with van der Waals surface area (Å²) >= 11 is 0. The van der Waals surface area contributed by atoms with Gasteiger partial charge in [-0.3, -0.25) is 0 Å². The Morgan fingerprint density at radius 3 is 2.22 bits per heavy atom. The predicted octanol–water partition coefficient (Wildman–Crippen LogP) is 2.95. The van der Waals surface area contributed by atoms with Gasteiger partial charge in [0.1, 0.15) is 11.5 Å². The third-order valence-corrected chi connectivity index (χ3v) is 2.99. The average molecular weight is 243 g/mol. The van der Waals surface area contributed by atoms with E-state index in [9.17, 15) is 10.2 Å². The van der Waals surface area contributed by atoms with Crippen molar-refractivity contribution in [2.24, 2.45) is 0 Å². The minimum atomic E-state index is 0.0193. The fourth-order valence-corrected chi connectivity index (χ4v) is 1.89. The molecule has 1 unspecified atom stereocenters. The third kappa shape index (κ3) is 2.81. The molecule has 2 rings (SSSR count). The van der Waals surface area contributed by atoms with E-state index in [1.54, 1.807) is 24.3 Å². The van der Waals surface area contributed by atoms with Crippen molar-refractivity contribution in [3.8, 4) is 11.5 Å². The maximum atomic E-state index is 9.74. The number of hydrogen-bond donors (Lipinski definition) is 3. The van der Waals surface area contributed by atoms with Crippen LogP contribution in [0.2, 0.25) is 0 Å². The molecule has 0 radical (unpaired) electrons. The summed E-state index contributed by atoms with van der Waals surface area (Å²) in [5, 5.41) is 22.7. The van der Waals surface area contributed by atoms with Crippen LogP contribution in [-0.2, 0) is 6.54 Å². The third-order valence-electron chi connectivity index (χ3n) is 2.99. The molecule has 0 aliphatic rings. The highest BCUT2D eigenvalue weighted by molar-refractivity contribution is 5.35. The Labute approximate surface area is 107 Å². The van der Waals surface area contributed by atoms with Crippen LogP contribution in [0.5, 0.6) is 11.5 Å². The van der Waals surface area contributed by atoms with Crippen LogP contribution in [0.4, 0.5) is 0 Å². The van der Waals surface area contributed by atoms with Crippen LogP contribution in [0, 0.1) is 0 Å². The van der Waals surface area contributed by atoms with Crippen LogP contribution >= 0.6 is 0 Å². The van der Waals surface area contributed by atoms with Crippen molar-refractivity contribution in [3.63, 3.8) is 0 Å². The molecular weight excluding hydrogens is 226 g/mol. The number of nitrogens with one attached hydrogen (secondary N) is 1. The topological polar surface area (TPSA) is 52.5 Å². The highest BCUT2D eigenvalue weighted by Gasteiger charge is 2.09. The minimum Gasteiger partial charge on any atom is -0.508 e. The number of hydrogen-bond acceptors (Lipinski definition) is 3. The van der Waals surface area contributed by atoms with Gasteiger partial charge in [-0.2, -0.15) is 0 Å². The van der Waals surface area contributed by atoms with Crippen LogP contribution in [0.3, 0.4) is 0 Å². The summed E-state index contributed by atoms with van der Waals surface area (Å²) in [5.74, 6) is 0.573.